The van der Waals surface area contributed by atoms with Gasteiger partial charge in [0.15, 0.2) is 5.66 Å². The van der Waals surface area contributed by atoms with E-state index in [1.165, 1.54) is 0 Å². The second-order valence-corrected chi connectivity index (χ2v) is 6.71. The van der Waals surface area contributed by atoms with E-state index in [0.717, 1.165) is 22.7 Å². The molecule has 1 aromatic heterocycles. The van der Waals surface area contributed by atoms with Crippen molar-refractivity contribution in [3.05, 3.63) is 47.3 Å². The largest absolute Gasteiger partial charge is 0.310 e. The highest BCUT2D eigenvalue weighted by atomic mass is 35.5. The molecule has 7 heteroatoms. The molecule has 6 nitrogen and oxygen atoms in total. The number of anilines is 1. The van der Waals surface area contributed by atoms with Crippen LogP contribution in [-0.2, 0) is 12.7 Å². The Morgan fingerprint density at radius 3 is 2.50 bits per heavy atom. The minimum absolute atomic E-state index is 0.0930. The first-order chi connectivity index (χ1) is 11.4. The summed E-state index contributed by atoms with van der Waals surface area (Å²) in [5, 5.41) is 10.6. The summed E-state index contributed by atoms with van der Waals surface area (Å²) in [4.78, 5) is 14.6. The van der Waals surface area contributed by atoms with E-state index in [0.29, 0.717) is 5.69 Å². The molecule has 2 aliphatic heterocycles. The van der Waals surface area contributed by atoms with Crippen molar-refractivity contribution in [3.63, 3.8) is 0 Å². The molecule has 0 radical (unpaired) electrons. The standard InChI is InChI=1S/C17H18ClN5O/c1-10-13-14(22(4)19-10)16(24)21(3)17(13)15(18)11(2)20-23(17)12-8-6-5-7-9-12/h5-9,15H,1-4H3/t15-,17+/m1/s1. The Balaban J connectivity index is 2.04. The summed E-state index contributed by atoms with van der Waals surface area (Å²) in [6, 6.07) is 9.78. The average molecular weight is 344 g/mol. The number of amides is 1. The molecule has 0 saturated carbocycles. The molecule has 1 aromatic carbocycles. The van der Waals surface area contributed by atoms with Crippen LogP contribution < -0.4 is 5.01 Å². The second kappa shape index (κ2) is 4.83. The highest BCUT2D eigenvalue weighted by molar-refractivity contribution is 6.34. The molecule has 24 heavy (non-hydrogen) atoms. The van der Waals surface area contributed by atoms with Crippen molar-refractivity contribution in [2.24, 2.45) is 12.1 Å². The molecule has 0 bridgehead atoms. The zero-order valence-electron chi connectivity index (χ0n) is 14.0. The third-order valence-corrected chi connectivity index (χ3v) is 5.53. The summed E-state index contributed by atoms with van der Waals surface area (Å²) in [5.74, 6) is -0.0930. The summed E-state index contributed by atoms with van der Waals surface area (Å²) < 4.78 is 1.64. The highest BCUT2D eigenvalue weighted by Crippen LogP contribution is 2.51. The second-order valence-electron chi connectivity index (χ2n) is 6.27. The molecule has 1 spiro atoms. The van der Waals surface area contributed by atoms with Crippen molar-refractivity contribution in [1.82, 2.24) is 14.7 Å². The molecule has 2 atom stereocenters. The molecule has 3 heterocycles. The summed E-state index contributed by atoms with van der Waals surface area (Å²) in [6.45, 7) is 3.80. The number of fused-ring (bicyclic) bond motifs is 2. The maximum absolute atomic E-state index is 12.9. The number of carbonyl (C=O) groups excluding carboxylic acids is 1. The number of nitrogens with zero attached hydrogens (tertiary/aromatic N) is 5. The Bertz CT molecular complexity index is 875. The minimum atomic E-state index is -0.891. The van der Waals surface area contributed by atoms with Gasteiger partial charge in [-0.3, -0.25) is 9.48 Å². The van der Waals surface area contributed by atoms with E-state index in [2.05, 4.69) is 5.10 Å². The third kappa shape index (κ3) is 1.59. The van der Waals surface area contributed by atoms with Crippen molar-refractivity contribution < 1.29 is 4.79 Å². The molecule has 0 fully saturated rings. The molecule has 1 amide bonds. The van der Waals surface area contributed by atoms with Gasteiger partial charge in [-0.05, 0) is 26.0 Å². The van der Waals surface area contributed by atoms with Crippen molar-refractivity contribution in [2.75, 3.05) is 12.1 Å². The fourth-order valence-electron chi connectivity index (χ4n) is 3.88. The first kappa shape index (κ1) is 15.2. The average Bonchev–Trinajstić information content (AvgIpc) is 3.10. The van der Waals surface area contributed by atoms with Crippen molar-refractivity contribution in [3.8, 4) is 0 Å². The van der Waals surface area contributed by atoms with Crippen LogP contribution in [0.25, 0.3) is 0 Å². The lowest BCUT2D eigenvalue weighted by molar-refractivity contribution is 0.0643. The van der Waals surface area contributed by atoms with E-state index in [-0.39, 0.29) is 5.91 Å². The van der Waals surface area contributed by atoms with Crippen molar-refractivity contribution in [2.45, 2.75) is 24.9 Å². The molecule has 0 saturated heterocycles. The summed E-state index contributed by atoms with van der Waals surface area (Å²) in [7, 11) is 3.57. The van der Waals surface area contributed by atoms with Crippen molar-refractivity contribution >= 4 is 28.9 Å². The monoisotopic (exact) mass is 343 g/mol. The van der Waals surface area contributed by atoms with Crippen molar-refractivity contribution in [1.29, 1.82) is 0 Å². The SMILES string of the molecule is CC1=NN(c2ccccc2)[C@@]2(c3c(C)nn(C)c3C(=O)N2C)[C@@H]1Cl. The molecule has 0 unspecified atom stereocenters. The number of hydrazone groups is 1. The normalized spacial score (nSPS) is 25.6. The fourth-order valence-corrected chi connectivity index (χ4v) is 4.27. The lowest BCUT2D eigenvalue weighted by Gasteiger charge is -2.42. The number of para-hydroxylation sites is 1. The highest BCUT2D eigenvalue weighted by Gasteiger charge is 2.63. The van der Waals surface area contributed by atoms with E-state index in [4.69, 9.17) is 16.7 Å². The number of halogens is 1. The number of benzene rings is 1. The third-order valence-electron chi connectivity index (χ3n) is 4.91. The zero-order chi connectivity index (χ0) is 17.2. The number of alkyl halides is 1. The number of aromatic nitrogens is 2. The molecule has 2 aromatic rings. The Hall–Kier alpha value is -2.34. The lowest BCUT2D eigenvalue weighted by Crippen LogP contribution is -2.56. The van der Waals surface area contributed by atoms with E-state index in [9.17, 15) is 4.79 Å². The zero-order valence-corrected chi connectivity index (χ0v) is 14.7. The maximum Gasteiger partial charge on any atom is 0.274 e. The van der Waals surface area contributed by atoms with E-state index in [1.54, 1.807) is 23.7 Å². The molecule has 0 aliphatic carbocycles. The van der Waals surface area contributed by atoms with E-state index >= 15 is 0 Å². The van der Waals surface area contributed by atoms with Crippen LogP contribution in [0.15, 0.2) is 35.4 Å². The molecular weight excluding hydrogens is 326 g/mol. The molecule has 2 aliphatic rings. The van der Waals surface area contributed by atoms with Gasteiger partial charge in [0.2, 0.25) is 0 Å². The van der Waals surface area contributed by atoms with Gasteiger partial charge >= 0.3 is 0 Å². The minimum Gasteiger partial charge on any atom is -0.310 e. The Labute approximate surface area is 145 Å². The molecule has 124 valence electrons. The van der Waals surface area contributed by atoms with Crippen LogP contribution in [0.5, 0.6) is 0 Å². The van der Waals surface area contributed by atoms with Gasteiger partial charge in [-0.15, -0.1) is 11.6 Å². The topological polar surface area (TPSA) is 53.7 Å². The van der Waals surface area contributed by atoms with Crippen LogP contribution in [0.4, 0.5) is 5.69 Å². The number of rotatable bonds is 1. The predicted octanol–water partition coefficient (Wildman–Crippen LogP) is 2.47. The van der Waals surface area contributed by atoms with Gasteiger partial charge in [0.25, 0.3) is 5.91 Å². The van der Waals surface area contributed by atoms with Crippen LogP contribution >= 0.6 is 11.6 Å². The number of aryl methyl sites for hydroxylation is 2. The van der Waals surface area contributed by atoms with Gasteiger partial charge in [0.1, 0.15) is 11.1 Å². The quantitative estimate of drug-likeness (QED) is 0.747. The van der Waals surface area contributed by atoms with Crippen LogP contribution in [0.1, 0.15) is 28.7 Å². The number of hydrogen-bond acceptors (Lipinski definition) is 4. The molecule has 4 rings (SSSR count). The Morgan fingerprint density at radius 1 is 1.17 bits per heavy atom. The van der Waals surface area contributed by atoms with Crippen LogP contribution in [-0.4, -0.2) is 38.7 Å². The molecule has 0 N–H and O–H groups in total. The van der Waals surface area contributed by atoms with Gasteiger partial charge in [0.05, 0.1) is 22.7 Å². The number of hydrogen-bond donors (Lipinski definition) is 0. The first-order valence-corrected chi connectivity index (χ1v) is 8.21. The van der Waals surface area contributed by atoms with E-state index < -0.39 is 11.0 Å². The van der Waals surface area contributed by atoms with Gasteiger partial charge in [-0.1, -0.05) is 18.2 Å². The summed E-state index contributed by atoms with van der Waals surface area (Å²) in [5.41, 5.74) is 2.97. The van der Waals surface area contributed by atoms with Crippen LogP contribution in [0, 0.1) is 6.92 Å². The predicted molar refractivity (Wildman–Crippen MR) is 93.4 cm³/mol. The summed E-state index contributed by atoms with van der Waals surface area (Å²) >= 11 is 6.84. The van der Waals surface area contributed by atoms with Gasteiger partial charge in [-0.2, -0.15) is 10.2 Å². The number of carbonyl (C=O) groups is 1. The van der Waals surface area contributed by atoms with Crippen LogP contribution in [0.3, 0.4) is 0 Å². The van der Waals surface area contributed by atoms with Gasteiger partial charge in [-0.25, -0.2) is 5.01 Å². The first-order valence-electron chi connectivity index (χ1n) is 7.77. The lowest BCUT2D eigenvalue weighted by atomic mass is 9.93. The Morgan fingerprint density at radius 2 is 1.83 bits per heavy atom. The van der Waals surface area contributed by atoms with E-state index in [1.807, 2.05) is 49.2 Å². The van der Waals surface area contributed by atoms with Crippen LogP contribution in [0.2, 0.25) is 0 Å². The Kier molecular flexibility index (Phi) is 3.06. The smallest absolute Gasteiger partial charge is 0.274 e. The maximum atomic E-state index is 12.9. The van der Waals surface area contributed by atoms with Gasteiger partial charge < -0.3 is 4.90 Å². The van der Waals surface area contributed by atoms with Gasteiger partial charge in [0, 0.05) is 14.1 Å². The molecular formula is C17H18ClN5O. The fraction of sp³-hybridized carbons (Fsp3) is 0.353. The summed E-state index contributed by atoms with van der Waals surface area (Å²) in [6.07, 6.45) is 0.